The van der Waals surface area contributed by atoms with E-state index in [1.54, 1.807) is 0 Å². The zero-order valence-electron chi connectivity index (χ0n) is 14.0. The Hall–Kier alpha value is -1.86. The van der Waals surface area contributed by atoms with Crippen molar-refractivity contribution >= 4 is 33.1 Å². The maximum absolute atomic E-state index is 11.8. The molecule has 2 aromatic rings. The highest BCUT2D eigenvalue weighted by Gasteiger charge is 2.32. The van der Waals surface area contributed by atoms with Crippen LogP contribution in [0.25, 0.3) is 0 Å². The van der Waals surface area contributed by atoms with Crippen molar-refractivity contribution in [3.63, 3.8) is 0 Å². The minimum Gasteiger partial charge on any atom is -0.366 e. The Bertz CT molecular complexity index is 844. The van der Waals surface area contributed by atoms with Crippen molar-refractivity contribution in [1.82, 2.24) is 9.97 Å². The summed E-state index contributed by atoms with van der Waals surface area (Å²) in [5.74, 6) is 1.86. The number of hydrogen-bond acceptors (Lipinski definition) is 6. The van der Waals surface area contributed by atoms with Gasteiger partial charge in [0.05, 0.1) is 11.5 Å². The average Bonchev–Trinajstić information content (AvgIpc) is 2.95. The van der Waals surface area contributed by atoms with Crippen LogP contribution in [0.15, 0.2) is 36.7 Å². The molecule has 0 spiro atoms. The molecule has 1 N–H and O–H groups in total. The van der Waals surface area contributed by atoms with Crippen molar-refractivity contribution < 1.29 is 8.42 Å². The maximum atomic E-state index is 11.8. The fraction of sp³-hybridized carbons (Fsp3) is 0.412. The summed E-state index contributed by atoms with van der Waals surface area (Å²) in [5, 5.41) is 3.95. The SMILES string of the molecule is CCN(c1cc(NCc2ccccc2Cl)ncn1)C1CCS(=O)(=O)C1. The molecule has 0 radical (unpaired) electrons. The van der Waals surface area contributed by atoms with E-state index in [-0.39, 0.29) is 17.5 Å². The molecule has 1 fully saturated rings. The van der Waals surface area contributed by atoms with Gasteiger partial charge in [-0.15, -0.1) is 0 Å². The Kier molecular flexibility index (Phi) is 5.44. The van der Waals surface area contributed by atoms with Gasteiger partial charge in [0.15, 0.2) is 9.84 Å². The zero-order valence-corrected chi connectivity index (χ0v) is 15.6. The standard InChI is InChI=1S/C17H21ClN4O2S/c1-2-22(14-7-8-25(23,24)11-14)17-9-16(20-12-21-17)19-10-13-5-3-4-6-15(13)18/h3-6,9,12,14H,2,7-8,10-11H2,1H3,(H,19,20,21). The molecule has 0 bridgehead atoms. The second-order valence-electron chi connectivity index (χ2n) is 6.05. The number of hydrogen-bond donors (Lipinski definition) is 1. The minimum atomic E-state index is -2.94. The lowest BCUT2D eigenvalue weighted by Gasteiger charge is -2.28. The van der Waals surface area contributed by atoms with Gasteiger partial charge >= 0.3 is 0 Å². The predicted octanol–water partition coefficient (Wildman–Crippen LogP) is 2.76. The Morgan fingerprint density at radius 3 is 2.80 bits per heavy atom. The van der Waals surface area contributed by atoms with Crippen LogP contribution in [0.3, 0.4) is 0 Å². The van der Waals surface area contributed by atoms with Gasteiger partial charge in [-0.05, 0) is 25.0 Å². The first-order chi connectivity index (χ1) is 12.0. The van der Waals surface area contributed by atoms with Gasteiger partial charge in [0, 0.05) is 30.2 Å². The molecular weight excluding hydrogens is 360 g/mol. The minimum absolute atomic E-state index is 0.0266. The number of benzene rings is 1. The van der Waals surface area contributed by atoms with Crippen LogP contribution in [0.1, 0.15) is 18.9 Å². The molecule has 2 heterocycles. The van der Waals surface area contributed by atoms with Crippen molar-refractivity contribution in [3.8, 4) is 0 Å². The molecule has 1 aliphatic heterocycles. The highest BCUT2D eigenvalue weighted by atomic mass is 35.5. The Balaban J connectivity index is 1.73. The fourth-order valence-corrected chi connectivity index (χ4v) is 4.99. The number of nitrogens with one attached hydrogen (secondary N) is 1. The second-order valence-corrected chi connectivity index (χ2v) is 8.69. The summed E-state index contributed by atoms with van der Waals surface area (Å²) in [7, 11) is -2.94. The third kappa shape index (κ3) is 4.41. The van der Waals surface area contributed by atoms with Crippen LogP contribution in [0.5, 0.6) is 0 Å². The van der Waals surface area contributed by atoms with Gasteiger partial charge in [-0.3, -0.25) is 0 Å². The number of nitrogens with zero attached hydrogens (tertiary/aromatic N) is 3. The number of anilines is 2. The number of rotatable bonds is 6. The summed E-state index contributed by atoms with van der Waals surface area (Å²) in [4.78, 5) is 10.6. The normalized spacial score (nSPS) is 18.9. The molecule has 6 nitrogen and oxygen atoms in total. The summed E-state index contributed by atoms with van der Waals surface area (Å²) in [5.41, 5.74) is 0.985. The van der Waals surface area contributed by atoms with E-state index in [1.807, 2.05) is 42.2 Å². The van der Waals surface area contributed by atoms with Crippen LogP contribution in [0.2, 0.25) is 5.02 Å². The van der Waals surface area contributed by atoms with Gasteiger partial charge in [0.1, 0.15) is 18.0 Å². The monoisotopic (exact) mass is 380 g/mol. The summed E-state index contributed by atoms with van der Waals surface area (Å²) in [6, 6.07) is 9.46. The Morgan fingerprint density at radius 2 is 2.12 bits per heavy atom. The van der Waals surface area contributed by atoms with Crippen LogP contribution < -0.4 is 10.2 Å². The summed E-state index contributed by atoms with van der Waals surface area (Å²) in [6.45, 7) is 3.26. The summed E-state index contributed by atoms with van der Waals surface area (Å²) >= 11 is 6.17. The molecule has 1 unspecified atom stereocenters. The van der Waals surface area contributed by atoms with Crippen LogP contribution in [0.4, 0.5) is 11.6 Å². The quantitative estimate of drug-likeness (QED) is 0.830. The largest absolute Gasteiger partial charge is 0.366 e. The van der Waals surface area contributed by atoms with E-state index in [0.717, 1.165) is 11.4 Å². The molecule has 8 heteroatoms. The third-order valence-electron chi connectivity index (χ3n) is 4.35. The zero-order chi connectivity index (χ0) is 17.9. The van der Waals surface area contributed by atoms with Crippen molar-refractivity contribution in [2.24, 2.45) is 0 Å². The lowest BCUT2D eigenvalue weighted by atomic mass is 10.2. The molecule has 1 saturated heterocycles. The number of halogens is 1. The molecule has 0 saturated carbocycles. The maximum Gasteiger partial charge on any atom is 0.152 e. The molecule has 1 atom stereocenters. The molecular formula is C17H21ClN4O2S. The molecule has 1 aliphatic rings. The van der Waals surface area contributed by atoms with Crippen LogP contribution in [0, 0.1) is 0 Å². The van der Waals surface area contributed by atoms with E-state index in [4.69, 9.17) is 11.6 Å². The van der Waals surface area contributed by atoms with E-state index in [2.05, 4.69) is 15.3 Å². The van der Waals surface area contributed by atoms with Gasteiger partial charge < -0.3 is 10.2 Å². The average molecular weight is 381 g/mol. The van der Waals surface area contributed by atoms with E-state index < -0.39 is 9.84 Å². The van der Waals surface area contributed by atoms with E-state index in [0.29, 0.717) is 30.4 Å². The summed E-state index contributed by atoms with van der Waals surface area (Å²) in [6.07, 6.45) is 2.14. The first-order valence-electron chi connectivity index (χ1n) is 8.25. The summed E-state index contributed by atoms with van der Waals surface area (Å²) < 4.78 is 23.5. The molecule has 1 aromatic heterocycles. The van der Waals surface area contributed by atoms with Gasteiger partial charge in [-0.2, -0.15) is 0 Å². The van der Waals surface area contributed by atoms with Crippen LogP contribution >= 0.6 is 11.6 Å². The molecule has 0 aliphatic carbocycles. The Morgan fingerprint density at radius 1 is 1.32 bits per heavy atom. The lowest BCUT2D eigenvalue weighted by Crippen LogP contribution is -2.36. The molecule has 134 valence electrons. The fourth-order valence-electron chi connectivity index (χ4n) is 3.06. The van der Waals surface area contributed by atoms with Crippen molar-refractivity contribution in [2.75, 3.05) is 28.3 Å². The van der Waals surface area contributed by atoms with Crippen molar-refractivity contribution in [1.29, 1.82) is 0 Å². The highest BCUT2D eigenvalue weighted by molar-refractivity contribution is 7.91. The van der Waals surface area contributed by atoms with Crippen LogP contribution in [-0.2, 0) is 16.4 Å². The van der Waals surface area contributed by atoms with Gasteiger partial charge in [-0.25, -0.2) is 18.4 Å². The Labute approximate surface area is 153 Å². The van der Waals surface area contributed by atoms with Gasteiger partial charge in [0.2, 0.25) is 0 Å². The first kappa shape index (κ1) is 17.9. The van der Waals surface area contributed by atoms with Crippen molar-refractivity contribution in [3.05, 3.63) is 47.2 Å². The van der Waals surface area contributed by atoms with Gasteiger partial charge in [0.25, 0.3) is 0 Å². The van der Waals surface area contributed by atoms with Gasteiger partial charge in [-0.1, -0.05) is 29.8 Å². The first-order valence-corrected chi connectivity index (χ1v) is 10.4. The van der Waals surface area contributed by atoms with E-state index >= 15 is 0 Å². The lowest BCUT2D eigenvalue weighted by molar-refractivity contribution is 0.599. The van der Waals surface area contributed by atoms with Crippen LogP contribution in [-0.4, -0.2) is 42.5 Å². The molecule has 0 amide bonds. The highest BCUT2D eigenvalue weighted by Crippen LogP contribution is 2.24. The topological polar surface area (TPSA) is 75.2 Å². The molecule has 25 heavy (non-hydrogen) atoms. The predicted molar refractivity (Wildman–Crippen MR) is 101 cm³/mol. The molecule has 3 rings (SSSR count). The molecule has 1 aromatic carbocycles. The number of aromatic nitrogens is 2. The van der Waals surface area contributed by atoms with E-state index in [1.165, 1.54) is 6.33 Å². The smallest absolute Gasteiger partial charge is 0.152 e. The number of sulfone groups is 1. The van der Waals surface area contributed by atoms with Crippen molar-refractivity contribution in [2.45, 2.75) is 25.9 Å². The second kappa shape index (κ2) is 7.58. The van der Waals surface area contributed by atoms with E-state index in [9.17, 15) is 8.42 Å². The third-order valence-corrected chi connectivity index (χ3v) is 6.47.